The minimum atomic E-state index is -0.267. The molecular weight excluding hydrogens is 210 g/mol. The molecule has 2 atom stereocenters. The van der Waals surface area contributed by atoms with Gasteiger partial charge in [-0.3, -0.25) is 4.79 Å². The van der Waals surface area contributed by atoms with Crippen molar-refractivity contribution in [2.75, 3.05) is 31.1 Å². The van der Waals surface area contributed by atoms with Crippen LogP contribution in [-0.4, -0.2) is 48.0 Å². The molecule has 0 radical (unpaired) electrons. The Bertz CT molecular complexity index is 283. The Morgan fingerprint density at radius 2 is 2.47 bits per heavy atom. The van der Waals surface area contributed by atoms with Gasteiger partial charge in [0.05, 0.1) is 6.07 Å². The van der Waals surface area contributed by atoms with Gasteiger partial charge in [-0.2, -0.15) is 17.0 Å². The molecule has 2 aliphatic rings. The Morgan fingerprint density at radius 3 is 3.13 bits per heavy atom. The molecule has 1 N–H and O–H groups in total. The van der Waals surface area contributed by atoms with Crippen LogP contribution in [0.2, 0.25) is 0 Å². The van der Waals surface area contributed by atoms with Gasteiger partial charge in [0.1, 0.15) is 6.04 Å². The molecule has 2 saturated heterocycles. The van der Waals surface area contributed by atoms with Crippen LogP contribution < -0.4 is 5.32 Å². The highest BCUT2D eigenvalue weighted by molar-refractivity contribution is 7.99. The third-order valence-corrected chi connectivity index (χ3v) is 4.12. The molecular formula is C10H15N3OS. The van der Waals surface area contributed by atoms with Gasteiger partial charge in [0, 0.05) is 31.3 Å². The van der Waals surface area contributed by atoms with Gasteiger partial charge < -0.3 is 10.2 Å². The molecule has 0 aromatic rings. The van der Waals surface area contributed by atoms with E-state index in [2.05, 4.69) is 11.4 Å². The van der Waals surface area contributed by atoms with Gasteiger partial charge in [-0.1, -0.05) is 0 Å². The lowest BCUT2D eigenvalue weighted by Gasteiger charge is -2.33. The molecule has 2 fully saturated rings. The average molecular weight is 225 g/mol. The number of hydrogen-bond donors (Lipinski definition) is 1. The van der Waals surface area contributed by atoms with Gasteiger partial charge in [0.15, 0.2) is 0 Å². The van der Waals surface area contributed by atoms with Crippen LogP contribution >= 0.6 is 11.8 Å². The Hall–Kier alpha value is -0.730. The molecule has 5 heteroatoms. The molecule has 2 rings (SSSR count). The summed E-state index contributed by atoms with van der Waals surface area (Å²) in [6.07, 6.45) is 0.978. The summed E-state index contributed by atoms with van der Waals surface area (Å²) < 4.78 is 0. The van der Waals surface area contributed by atoms with Gasteiger partial charge >= 0.3 is 0 Å². The van der Waals surface area contributed by atoms with Crippen LogP contribution in [0.4, 0.5) is 0 Å². The number of carbonyl (C=O) groups excluding carboxylic acids is 1. The van der Waals surface area contributed by atoms with Crippen molar-refractivity contribution in [1.29, 1.82) is 5.26 Å². The fourth-order valence-electron chi connectivity index (χ4n) is 2.05. The zero-order valence-electron chi connectivity index (χ0n) is 8.61. The van der Waals surface area contributed by atoms with Crippen molar-refractivity contribution in [1.82, 2.24) is 10.2 Å². The van der Waals surface area contributed by atoms with E-state index in [1.807, 2.05) is 11.8 Å². The largest absolute Gasteiger partial charge is 0.324 e. The number of hydrogen-bond acceptors (Lipinski definition) is 4. The minimum absolute atomic E-state index is 0.156. The predicted octanol–water partition coefficient (Wildman–Crippen LogP) is 0.0635. The third-order valence-electron chi connectivity index (χ3n) is 2.95. The van der Waals surface area contributed by atoms with E-state index in [0.29, 0.717) is 13.1 Å². The highest BCUT2D eigenvalue weighted by Crippen LogP contribution is 2.26. The fourth-order valence-corrected chi connectivity index (χ4v) is 3.26. The van der Waals surface area contributed by atoms with Crippen molar-refractivity contribution in [3.05, 3.63) is 0 Å². The van der Waals surface area contributed by atoms with Crippen molar-refractivity contribution in [2.24, 2.45) is 5.92 Å². The van der Waals surface area contributed by atoms with Crippen molar-refractivity contribution in [3.63, 3.8) is 0 Å². The summed E-state index contributed by atoms with van der Waals surface area (Å²) >= 11 is 1.84. The number of thioether (sulfide) groups is 1. The highest BCUT2D eigenvalue weighted by Gasteiger charge is 2.32. The van der Waals surface area contributed by atoms with E-state index in [-0.39, 0.29) is 17.9 Å². The lowest BCUT2D eigenvalue weighted by Crippen LogP contribution is -2.54. The van der Waals surface area contributed by atoms with Gasteiger partial charge in [-0.15, -0.1) is 0 Å². The second-order valence-corrected chi connectivity index (χ2v) is 5.09. The molecule has 4 nitrogen and oxygen atoms in total. The van der Waals surface area contributed by atoms with E-state index >= 15 is 0 Å². The number of piperazine rings is 1. The standard InChI is InChI=1S/C10H15N3OS/c11-5-9-6-12-2-3-13(9)10(14)8-1-4-15-7-8/h8-9,12H,1-4,6-7H2. The summed E-state index contributed by atoms with van der Waals surface area (Å²) in [7, 11) is 0. The summed E-state index contributed by atoms with van der Waals surface area (Å²) in [6.45, 7) is 2.10. The van der Waals surface area contributed by atoms with Crippen molar-refractivity contribution in [3.8, 4) is 6.07 Å². The van der Waals surface area contributed by atoms with Crippen molar-refractivity contribution >= 4 is 17.7 Å². The number of nitrogens with zero attached hydrogens (tertiary/aromatic N) is 2. The molecule has 0 aromatic carbocycles. The monoisotopic (exact) mass is 225 g/mol. The number of nitriles is 1. The van der Waals surface area contributed by atoms with E-state index in [1.54, 1.807) is 4.90 Å². The van der Waals surface area contributed by atoms with E-state index < -0.39 is 0 Å². The predicted molar refractivity (Wildman–Crippen MR) is 59.4 cm³/mol. The maximum Gasteiger partial charge on any atom is 0.227 e. The summed E-state index contributed by atoms with van der Waals surface area (Å²) in [5.74, 6) is 2.36. The van der Waals surface area contributed by atoms with E-state index in [1.165, 1.54) is 0 Å². The SMILES string of the molecule is N#CC1CNCCN1C(=O)C1CCSC1. The van der Waals surface area contributed by atoms with Gasteiger partial charge in [-0.25, -0.2) is 0 Å². The minimum Gasteiger partial charge on any atom is -0.324 e. The second kappa shape index (κ2) is 4.86. The summed E-state index contributed by atoms with van der Waals surface area (Å²) in [5, 5.41) is 12.1. The second-order valence-electron chi connectivity index (χ2n) is 3.94. The quantitative estimate of drug-likeness (QED) is 0.686. The van der Waals surface area contributed by atoms with Gasteiger partial charge in [0.25, 0.3) is 0 Å². The molecule has 15 heavy (non-hydrogen) atoms. The lowest BCUT2D eigenvalue weighted by atomic mass is 10.1. The number of amides is 1. The maximum absolute atomic E-state index is 12.1. The summed E-state index contributed by atoms with van der Waals surface area (Å²) in [5.41, 5.74) is 0. The smallest absolute Gasteiger partial charge is 0.227 e. The first-order valence-corrected chi connectivity index (χ1v) is 6.47. The van der Waals surface area contributed by atoms with Crippen LogP contribution in [0.15, 0.2) is 0 Å². The summed E-state index contributed by atoms with van der Waals surface area (Å²) in [4.78, 5) is 13.9. The Labute approximate surface area is 94.0 Å². The van der Waals surface area contributed by atoms with Crippen LogP contribution in [0.25, 0.3) is 0 Å². The average Bonchev–Trinajstić information content (AvgIpc) is 2.81. The first-order valence-electron chi connectivity index (χ1n) is 5.31. The maximum atomic E-state index is 12.1. The third kappa shape index (κ3) is 2.27. The van der Waals surface area contributed by atoms with E-state index in [0.717, 1.165) is 24.5 Å². The lowest BCUT2D eigenvalue weighted by molar-refractivity contribution is -0.136. The summed E-state index contributed by atoms with van der Waals surface area (Å²) in [6, 6.07) is 1.93. The molecule has 0 aromatic heterocycles. The first-order chi connectivity index (χ1) is 7.33. The molecule has 2 aliphatic heterocycles. The Morgan fingerprint density at radius 1 is 1.60 bits per heavy atom. The molecule has 2 unspecified atom stereocenters. The molecule has 2 heterocycles. The first kappa shape index (κ1) is 10.8. The van der Waals surface area contributed by atoms with E-state index in [4.69, 9.17) is 5.26 Å². The van der Waals surface area contributed by atoms with Crippen molar-refractivity contribution < 1.29 is 4.79 Å². The molecule has 0 spiro atoms. The zero-order chi connectivity index (χ0) is 10.7. The van der Waals surface area contributed by atoms with Crippen LogP contribution in [0, 0.1) is 17.2 Å². The number of nitrogens with one attached hydrogen (secondary N) is 1. The molecule has 0 bridgehead atoms. The zero-order valence-corrected chi connectivity index (χ0v) is 9.42. The van der Waals surface area contributed by atoms with E-state index in [9.17, 15) is 4.79 Å². The van der Waals surface area contributed by atoms with Crippen molar-refractivity contribution in [2.45, 2.75) is 12.5 Å². The molecule has 1 amide bonds. The highest BCUT2D eigenvalue weighted by atomic mass is 32.2. The van der Waals surface area contributed by atoms with Crippen LogP contribution in [0.5, 0.6) is 0 Å². The van der Waals surface area contributed by atoms with Crippen LogP contribution in [0.3, 0.4) is 0 Å². The molecule has 0 saturated carbocycles. The Balaban J connectivity index is 2.00. The molecule has 0 aliphatic carbocycles. The van der Waals surface area contributed by atoms with Gasteiger partial charge in [0.2, 0.25) is 5.91 Å². The normalized spacial score (nSPS) is 31.3. The van der Waals surface area contributed by atoms with Crippen LogP contribution in [0.1, 0.15) is 6.42 Å². The number of carbonyl (C=O) groups is 1. The number of rotatable bonds is 1. The Kier molecular flexibility index (Phi) is 3.49. The van der Waals surface area contributed by atoms with Gasteiger partial charge in [-0.05, 0) is 12.2 Å². The van der Waals surface area contributed by atoms with Crippen LogP contribution in [-0.2, 0) is 4.79 Å². The fraction of sp³-hybridized carbons (Fsp3) is 0.800. The topological polar surface area (TPSA) is 56.1 Å². The molecule has 82 valence electrons.